The van der Waals surface area contributed by atoms with Gasteiger partial charge >= 0.3 is 12.0 Å². The number of hydrogen-bond donors (Lipinski definition) is 3. The standard InChI is InChI=1S/C17H23N3O5S/c1-11-7-8-13(26-11)16(23)18-9-15(22)25-10-14(21)20-17(24)19-12-5-3-2-4-6-12/h7-8,12H,2-6,9-10H2,1H3,(H,18,23)(H2,19,20,21,24). The summed E-state index contributed by atoms with van der Waals surface area (Å²) in [7, 11) is 0. The molecule has 4 amide bonds. The second-order valence-electron chi connectivity index (χ2n) is 6.11. The summed E-state index contributed by atoms with van der Waals surface area (Å²) >= 11 is 1.31. The Hall–Kier alpha value is -2.42. The molecule has 1 aromatic rings. The SMILES string of the molecule is Cc1ccc(C(=O)NCC(=O)OCC(=O)NC(=O)NC2CCCCC2)s1. The zero-order valence-electron chi connectivity index (χ0n) is 14.6. The third-order valence-corrected chi connectivity index (χ3v) is 4.91. The minimum absolute atomic E-state index is 0.0789. The van der Waals surface area contributed by atoms with E-state index in [4.69, 9.17) is 4.74 Å². The van der Waals surface area contributed by atoms with Crippen LogP contribution in [0.15, 0.2) is 12.1 Å². The summed E-state index contributed by atoms with van der Waals surface area (Å²) in [5, 5.41) is 7.27. The molecular formula is C17H23N3O5S. The number of amides is 4. The molecule has 1 saturated carbocycles. The lowest BCUT2D eigenvalue weighted by molar-refractivity contribution is -0.147. The van der Waals surface area contributed by atoms with Crippen molar-refractivity contribution in [2.75, 3.05) is 13.2 Å². The lowest BCUT2D eigenvalue weighted by Crippen LogP contribution is -2.46. The molecule has 9 heteroatoms. The Morgan fingerprint density at radius 1 is 1.15 bits per heavy atom. The van der Waals surface area contributed by atoms with E-state index in [9.17, 15) is 19.2 Å². The molecule has 1 aliphatic rings. The van der Waals surface area contributed by atoms with Crippen LogP contribution in [0.1, 0.15) is 46.7 Å². The second kappa shape index (κ2) is 9.91. The Balaban J connectivity index is 1.61. The van der Waals surface area contributed by atoms with Crippen LogP contribution in [-0.4, -0.2) is 43.0 Å². The van der Waals surface area contributed by atoms with Crippen LogP contribution < -0.4 is 16.0 Å². The summed E-state index contributed by atoms with van der Waals surface area (Å²) in [6.45, 7) is 0.945. The Bertz CT molecular complexity index is 667. The number of nitrogens with one attached hydrogen (secondary N) is 3. The summed E-state index contributed by atoms with van der Waals surface area (Å²) in [6, 6.07) is 2.97. The number of carbonyl (C=O) groups excluding carboxylic acids is 4. The van der Waals surface area contributed by atoms with E-state index in [1.165, 1.54) is 11.3 Å². The minimum Gasteiger partial charge on any atom is -0.454 e. The fourth-order valence-electron chi connectivity index (χ4n) is 2.62. The van der Waals surface area contributed by atoms with Gasteiger partial charge in [0.25, 0.3) is 11.8 Å². The average Bonchev–Trinajstić information content (AvgIpc) is 3.05. The molecule has 0 atom stereocenters. The molecule has 2 rings (SSSR count). The van der Waals surface area contributed by atoms with Crippen LogP contribution in [0, 0.1) is 6.92 Å². The van der Waals surface area contributed by atoms with E-state index < -0.39 is 24.5 Å². The lowest BCUT2D eigenvalue weighted by Gasteiger charge is -2.22. The summed E-state index contributed by atoms with van der Waals surface area (Å²) < 4.78 is 4.74. The molecule has 0 saturated heterocycles. The van der Waals surface area contributed by atoms with Gasteiger partial charge in [0, 0.05) is 10.9 Å². The van der Waals surface area contributed by atoms with Gasteiger partial charge in [-0.15, -0.1) is 11.3 Å². The summed E-state index contributed by atoms with van der Waals surface area (Å²) in [5.41, 5.74) is 0. The zero-order chi connectivity index (χ0) is 18.9. The van der Waals surface area contributed by atoms with E-state index in [1.54, 1.807) is 12.1 Å². The first kappa shape index (κ1) is 19.9. The number of ether oxygens (including phenoxy) is 1. The van der Waals surface area contributed by atoms with Crippen molar-refractivity contribution in [2.45, 2.75) is 45.1 Å². The Kier molecular flexibility index (Phi) is 7.58. The average molecular weight is 381 g/mol. The molecule has 0 aromatic carbocycles. The molecule has 1 aromatic heterocycles. The number of aryl methyl sites for hydroxylation is 1. The van der Waals surface area contributed by atoms with Gasteiger partial charge < -0.3 is 15.4 Å². The van der Waals surface area contributed by atoms with Gasteiger partial charge in [0.1, 0.15) is 6.54 Å². The van der Waals surface area contributed by atoms with Crippen molar-refractivity contribution < 1.29 is 23.9 Å². The topological polar surface area (TPSA) is 114 Å². The normalized spacial score (nSPS) is 14.3. The number of hydrogen-bond acceptors (Lipinski definition) is 6. The van der Waals surface area contributed by atoms with Crippen molar-refractivity contribution in [1.29, 1.82) is 0 Å². The highest BCUT2D eigenvalue weighted by atomic mass is 32.1. The Morgan fingerprint density at radius 2 is 1.88 bits per heavy atom. The highest BCUT2D eigenvalue weighted by molar-refractivity contribution is 7.13. The van der Waals surface area contributed by atoms with Gasteiger partial charge in [0.2, 0.25) is 0 Å². The van der Waals surface area contributed by atoms with Crippen LogP contribution >= 0.6 is 11.3 Å². The second-order valence-corrected chi connectivity index (χ2v) is 7.40. The molecule has 0 bridgehead atoms. The maximum atomic E-state index is 11.8. The number of carbonyl (C=O) groups is 4. The van der Waals surface area contributed by atoms with E-state index in [-0.39, 0.29) is 18.5 Å². The van der Waals surface area contributed by atoms with E-state index >= 15 is 0 Å². The molecule has 142 valence electrons. The zero-order valence-corrected chi connectivity index (χ0v) is 15.4. The van der Waals surface area contributed by atoms with Crippen molar-refractivity contribution in [3.8, 4) is 0 Å². The first-order chi connectivity index (χ1) is 12.4. The first-order valence-corrected chi connectivity index (χ1v) is 9.36. The monoisotopic (exact) mass is 381 g/mol. The van der Waals surface area contributed by atoms with E-state index in [0.717, 1.165) is 37.0 Å². The molecule has 0 aliphatic heterocycles. The molecule has 0 unspecified atom stereocenters. The minimum atomic E-state index is -0.755. The third-order valence-electron chi connectivity index (χ3n) is 3.92. The van der Waals surface area contributed by atoms with Gasteiger partial charge in [-0.1, -0.05) is 19.3 Å². The van der Waals surface area contributed by atoms with Gasteiger partial charge in [-0.05, 0) is 31.9 Å². The molecule has 0 spiro atoms. The molecule has 0 radical (unpaired) electrons. The maximum absolute atomic E-state index is 11.8. The van der Waals surface area contributed by atoms with Crippen LogP contribution in [0.4, 0.5) is 4.79 Å². The molecule has 8 nitrogen and oxygen atoms in total. The highest BCUT2D eigenvalue weighted by Gasteiger charge is 2.17. The van der Waals surface area contributed by atoms with Crippen LogP contribution in [-0.2, 0) is 14.3 Å². The van der Waals surface area contributed by atoms with Crippen molar-refractivity contribution in [2.24, 2.45) is 0 Å². The number of thiophene rings is 1. The summed E-state index contributed by atoms with van der Waals surface area (Å²) in [5.74, 6) is -1.85. The highest BCUT2D eigenvalue weighted by Crippen LogP contribution is 2.17. The van der Waals surface area contributed by atoms with Crippen LogP contribution in [0.25, 0.3) is 0 Å². The molecule has 1 aliphatic carbocycles. The summed E-state index contributed by atoms with van der Waals surface area (Å²) in [4.78, 5) is 48.2. The van der Waals surface area contributed by atoms with E-state index in [0.29, 0.717) is 4.88 Å². The quantitative estimate of drug-likeness (QED) is 0.646. The van der Waals surface area contributed by atoms with Crippen molar-refractivity contribution in [3.05, 3.63) is 21.9 Å². The maximum Gasteiger partial charge on any atom is 0.325 e. The summed E-state index contributed by atoms with van der Waals surface area (Å²) in [6.07, 6.45) is 5.10. The largest absolute Gasteiger partial charge is 0.454 e. The number of imide groups is 1. The predicted octanol–water partition coefficient (Wildman–Crippen LogP) is 1.49. The van der Waals surface area contributed by atoms with Gasteiger partial charge in [0.15, 0.2) is 6.61 Å². The lowest BCUT2D eigenvalue weighted by atomic mass is 9.96. The molecule has 1 fully saturated rings. The van der Waals surface area contributed by atoms with Crippen LogP contribution in [0.2, 0.25) is 0 Å². The van der Waals surface area contributed by atoms with E-state index in [2.05, 4.69) is 16.0 Å². The van der Waals surface area contributed by atoms with E-state index in [1.807, 2.05) is 6.92 Å². The molecular weight excluding hydrogens is 358 g/mol. The van der Waals surface area contributed by atoms with Crippen LogP contribution in [0.5, 0.6) is 0 Å². The Labute approximate surface area is 155 Å². The number of esters is 1. The fraction of sp³-hybridized carbons (Fsp3) is 0.529. The molecule has 1 heterocycles. The van der Waals surface area contributed by atoms with Crippen LogP contribution in [0.3, 0.4) is 0 Å². The van der Waals surface area contributed by atoms with Crippen molar-refractivity contribution >= 4 is 35.2 Å². The van der Waals surface area contributed by atoms with Gasteiger partial charge in [-0.2, -0.15) is 0 Å². The van der Waals surface area contributed by atoms with Gasteiger partial charge in [-0.25, -0.2) is 4.79 Å². The van der Waals surface area contributed by atoms with Crippen molar-refractivity contribution in [3.63, 3.8) is 0 Å². The molecule has 3 N–H and O–H groups in total. The number of rotatable bonds is 6. The Morgan fingerprint density at radius 3 is 2.54 bits per heavy atom. The van der Waals surface area contributed by atoms with Gasteiger partial charge in [-0.3, -0.25) is 19.7 Å². The van der Waals surface area contributed by atoms with Gasteiger partial charge in [0.05, 0.1) is 4.88 Å². The third kappa shape index (κ3) is 6.83. The number of urea groups is 1. The molecule has 26 heavy (non-hydrogen) atoms. The van der Waals surface area contributed by atoms with Crippen molar-refractivity contribution in [1.82, 2.24) is 16.0 Å². The first-order valence-electron chi connectivity index (χ1n) is 8.54. The smallest absolute Gasteiger partial charge is 0.325 e. The predicted molar refractivity (Wildman–Crippen MR) is 95.9 cm³/mol. The fourth-order valence-corrected chi connectivity index (χ4v) is 3.41.